The molecule has 0 aliphatic carbocycles. The van der Waals surface area contributed by atoms with E-state index in [4.69, 9.17) is 5.11 Å². The van der Waals surface area contributed by atoms with Crippen LogP contribution in [0.1, 0.15) is 20.7 Å². The van der Waals surface area contributed by atoms with Crippen LogP contribution in [0.15, 0.2) is 24.3 Å². The third-order valence-electron chi connectivity index (χ3n) is 2.32. The number of alkyl halides is 2. The van der Waals surface area contributed by atoms with Gasteiger partial charge in [0.05, 0.1) is 11.3 Å². The minimum absolute atomic E-state index is 0.000607. The molecule has 1 aromatic rings. The number of carboxylic acid groups (broad SMARTS) is 1. The lowest BCUT2D eigenvalue weighted by atomic mass is 10.1. The van der Waals surface area contributed by atoms with Gasteiger partial charge in [0.15, 0.2) is 0 Å². The molecule has 110 valence electrons. The number of carbonyl (C=O) groups excluding carboxylic acids is 1. The van der Waals surface area contributed by atoms with Gasteiger partial charge >= 0.3 is 11.7 Å². The quantitative estimate of drug-likeness (QED) is 0.808. The van der Waals surface area contributed by atoms with Gasteiger partial charge in [-0.1, -0.05) is 6.07 Å². The van der Waals surface area contributed by atoms with Crippen LogP contribution in [0.25, 0.3) is 0 Å². The Bertz CT molecular complexity index is 615. The Morgan fingerprint density at radius 2 is 1.85 bits per heavy atom. The lowest BCUT2D eigenvalue weighted by Gasteiger charge is -2.06. The predicted octanol–water partition coefficient (Wildman–Crippen LogP) is 0.752. The van der Waals surface area contributed by atoms with E-state index in [1.165, 1.54) is 18.2 Å². The maximum atomic E-state index is 12.0. The van der Waals surface area contributed by atoms with E-state index in [-0.39, 0.29) is 11.1 Å². The number of amides is 1. The average Bonchev–Trinajstić information content (AvgIpc) is 2.38. The molecular weight excluding hydrogens is 296 g/mol. The van der Waals surface area contributed by atoms with E-state index in [0.29, 0.717) is 0 Å². The zero-order valence-electron chi connectivity index (χ0n) is 10.0. The van der Waals surface area contributed by atoms with Crippen molar-refractivity contribution in [1.29, 1.82) is 0 Å². The second kappa shape index (κ2) is 6.42. The van der Waals surface area contributed by atoms with Crippen LogP contribution >= 0.6 is 0 Å². The lowest BCUT2D eigenvalue weighted by molar-refractivity contribution is 0.0697. The van der Waals surface area contributed by atoms with Crippen LogP contribution in [0.3, 0.4) is 0 Å². The highest BCUT2D eigenvalue weighted by molar-refractivity contribution is 7.91. The number of halogens is 2. The molecule has 1 amide bonds. The van der Waals surface area contributed by atoms with Gasteiger partial charge in [0.1, 0.15) is 0 Å². The number of aromatic carboxylic acids is 1. The Kier molecular flexibility index (Phi) is 5.14. The molecule has 0 radical (unpaired) electrons. The summed E-state index contributed by atoms with van der Waals surface area (Å²) < 4.78 is 45.7. The number of carboxylic acids is 1. The maximum absolute atomic E-state index is 12.0. The number of rotatable bonds is 6. The van der Waals surface area contributed by atoms with Gasteiger partial charge in [-0.05, 0) is 18.2 Å². The summed E-state index contributed by atoms with van der Waals surface area (Å²) in [6.45, 7) is -0.483. The van der Waals surface area contributed by atoms with Gasteiger partial charge in [0.2, 0.25) is 9.84 Å². The Labute approximate surface area is 113 Å². The van der Waals surface area contributed by atoms with Crippen molar-refractivity contribution in [1.82, 2.24) is 5.32 Å². The number of benzene rings is 1. The first-order chi connectivity index (χ1) is 9.24. The zero-order chi connectivity index (χ0) is 15.3. The summed E-state index contributed by atoms with van der Waals surface area (Å²) in [4.78, 5) is 22.3. The molecule has 2 N–H and O–H groups in total. The maximum Gasteiger partial charge on any atom is 0.336 e. The van der Waals surface area contributed by atoms with Crippen molar-refractivity contribution in [3.05, 3.63) is 35.4 Å². The molecule has 6 nitrogen and oxygen atoms in total. The molecule has 0 atom stereocenters. The van der Waals surface area contributed by atoms with Gasteiger partial charge in [-0.3, -0.25) is 4.79 Å². The second-order valence-electron chi connectivity index (χ2n) is 3.77. The highest BCUT2D eigenvalue weighted by atomic mass is 32.2. The van der Waals surface area contributed by atoms with Crippen LogP contribution in [-0.2, 0) is 9.84 Å². The number of hydrogen-bond donors (Lipinski definition) is 2. The van der Waals surface area contributed by atoms with Crippen LogP contribution in [0.2, 0.25) is 0 Å². The third kappa shape index (κ3) is 4.26. The molecule has 20 heavy (non-hydrogen) atoms. The SMILES string of the molecule is O=C(O)c1cccc(C(=O)NCCS(=O)(=O)C(F)F)c1. The van der Waals surface area contributed by atoms with Gasteiger partial charge < -0.3 is 10.4 Å². The first-order valence-corrected chi connectivity index (χ1v) is 7.07. The molecule has 0 unspecified atom stereocenters. The van der Waals surface area contributed by atoms with Gasteiger partial charge in [0.25, 0.3) is 5.91 Å². The standard InChI is InChI=1S/C11H11F2NO5S/c12-11(13)20(18,19)5-4-14-9(15)7-2-1-3-8(6-7)10(16)17/h1-3,6,11H,4-5H2,(H,14,15)(H,16,17). The molecule has 0 saturated heterocycles. The van der Waals surface area contributed by atoms with Gasteiger partial charge in [0, 0.05) is 12.1 Å². The summed E-state index contributed by atoms with van der Waals surface area (Å²) in [5, 5.41) is 10.9. The predicted molar refractivity (Wildman–Crippen MR) is 65.5 cm³/mol. The van der Waals surface area contributed by atoms with E-state index < -0.39 is 39.8 Å². The summed E-state index contributed by atoms with van der Waals surface area (Å²) in [6.07, 6.45) is 0. The minimum Gasteiger partial charge on any atom is -0.478 e. The largest absolute Gasteiger partial charge is 0.478 e. The number of nitrogens with one attached hydrogen (secondary N) is 1. The molecule has 0 fully saturated rings. The normalized spacial score (nSPS) is 11.3. The van der Waals surface area contributed by atoms with E-state index >= 15 is 0 Å². The average molecular weight is 307 g/mol. The Hall–Kier alpha value is -2.03. The van der Waals surface area contributed by atoms with E-state index in [2.05, 4.69) is 5.32 Å². The topological polar surface area (TPSA) is 101 Å². The van der Waals surface area contributed by atoms with Crippen molar-refractivity contribution >= 4 is 21.7 Å². The van der Waals surface area contributed by atoms with E-state index in [1.807, 2.05) is 0 Å². The molecule has 1 aromatic carbocycles. The van der Waals surface area contributed by atoms with Crippen LogP contribution in [-0.4, -0.2) is 43.5 Å². The molecule has 0 heterocycles. The van der Waals surface area contributed by atoms with E-state index in [0.717, 1.165) is 6.07 Å². The Balaban J connectivity index is 2.64. The molecule has 0 aliphatic heterocycles. The van der Waals surface area contributed by atoms with E-state index in [9.17, 15) is 26.8 Å². The molecule has 0 spiro atoms. The molecule has 1 rings (SSSR count). The third-order valence-corrected chi connectivity index (χ3v) is 3.63. The first kappa shape index (κ1) is 16.0. The van der Waals surface area contributed by atoms with Crippen LogP contribution < -0.4 is 5.32 Å². The van der Waals surface area contributed by atoms with Gasteiger partial charge in [-0.15, -0.1) is 0 Å². The molecule has 0 aliphatic rings. The highest BCUT2D eigenvalue weighted by Gasteiger charge is 2.23. The zero-order valence-corrected chi connectivity index (χ0v) is 10.9. The minimum atomic E-state index is -4.54. The van der Waals surface area contributed by atoms with E-state index in [1.54, 1.807) is 0 Å². The fourth-order valence-corrected chi connectivity index (χ4v) is 1.86. The van der Waals surface area contributed by atoms with Crippen molar-refractivity contribution in [2.75, 3.05) is 12.3 Å². The summed E-state index contributed by atoms with van der Waals surface area (Å²) in [7, 11) is -4.54. The molecule has 0 bridgehead atoms. The molecule has 0 saturated carbocycles. The fraction of sp³-hybridized carbons (Fsp3) is 0.273. The summed E-state index contributed by atoms with van der Waals surface area (Å²) in [5.74, 6) is -6.35. The molecular formula is C11H11F2NO5S. The number of hydrogen-bond acceptors (Lipinski definition) is 4. The summed E-state index contributed by atoms with van der Waals surface area (Å²) >= 11 is 0. The number of carbonyl (C=O) groups is 2. The molecule has 0 aromatic heterocycles. The van der Waals surface area contributed by atoms with Crippen LogP contribution in [0.5, 0.6) is 0 Å². The lowest BCUT2D eigenvalue weighted by Crippen LogP contribution is -2.31. The van der Waals surface area contributed by atoms with Crippen molar-refractivity contribution in [3.63, 3.8) is 0 Å². The first-order valence-electron chi connectivity index (χ1n) is 5.35. The van der Waals surface area contributed by atoms with Crippen molar-refractivity contribution < 1.29 is 31.9 Å². The highest BCUT2D eigenvalue weighted by Crippen LogP contribution is 2.06. The monoisotopic (exact) mass is 307 g/mol. The fourth-order valence-electron chi connectivity index (χ4n) is 1.29. The van der Waals surface area contributed by atoms with Gasteiger partial charge in [-0.25, -0.2) is 13.2 Å². The number of sulfone groups is 1. The van der Waals surface area contributed by atoms with Crippen LogP contribution in [0, 0.1) is 0 Å². The van der Waals surface area contributed by atoms with Crippen molar-refractivity contribution in [2.45, 2.75) is 5.76 Å². The smallest absolute Gasteiger partial charge is 0.336 e. The van der Waals surface area contributed by atoms with Gasteiger partial charge in [-0.2, -0.15) is 8.78 Å². The Morgan fingerprint density at radius 3 is 2.40 bits per heavy atom. The Morgan fingerprint density at radius 1 is 1.25 bits per heavy atom. The summed E-state index contributed by atoms with van der Waals surface area (Å²) in [6, 6.07) is 5.04. The second-order valence-corrected chi connectivity index (χ2v) is 5.86. The van der Waals surface area contributed by atoms with Crippen molar-refractivity contribution in [2.24, 2.45) is 0 Å². The van der Waals surface area contributed by atoms with Crippen LogP contribution in [0.4, 0.5) is 8.78 Å². The summed E-state index contributed by atoms with van der Waals surface area (Å²) in [5.41, 5.74) is -0.114. The van der Waals surface area contributed by atoms with Crippen molar-refractivity contribution in [3.8, 4) is 0 Å². The molecule has 9 heteroatoms.